The van der Waals surface area contributed by atoms with Gasteiger partial charge in [0.15, 0.2) is 0 Å². The number of carbonyl (C=O) groups is 1. The van der Waals surface area contributed by atoms with E-state index < -0.39 is 16.0 Å². The summed E-state index contributed by atoms with van der Waals surface area (Å²) in [6.45, 7) is 0.750. The average molecular weight is 210 g/mol. The number of carboxylic acids is 1. The second-order valence-electron chi connectivity index (χ2n) is 2.61. The Morgan fingerprint density at radius 1 is 1.38 bits per heavy atom. The molecule has 0 unspecified atom stereocenters. The fourth-order valence-electron chi connectivity index (χ4n) is 0.704. The van der Waals surface area contributed by atoms with Crippen LogP contribution in [0.3, 0.4) is 0 Å². The fraction of sp³-hybridized carbons (Fsp3) is 0.833. The van der Waals surface area contributed by atoms with Crippen molar-refractivity contribution < 1.29 is 18.3 Å². The molecule has 0 aromatic rings. The Kier molecular flexibility index (Phi) is 5.60. The van der Waals surface area contributed by atoms with Crippen LogP contribution in [0.4, 0.5) is 0 Å². The molecule has 13 heavy (non-hydrogen) atoms. The molecule has 0 aliphatic rings. The van der Waals surface area contributed by atoms with E-state index in [4.69, 9.17) is 10.2 Å². The zero-order valence-corrected chi connectivity index (χ0v) is 8.01. The lowest BCUT2D eigenvalue weighted by Crippen LogP contribution is -2.27. The highest BCUT2D eigenvalue weighted by Gasteiger charge is 2.01. The summed E-state index contributed by atoms with van der Waals surface area (Å²) >= 11 is 0. The van der Waals surface area contributed by atoms with Crippen molar-refractivity contribution in [3.63, 3.8) is 0 Å². The third kappa shape index (κ3) is 11.3. The molecular weight excluding hydrogens is 196 g/mol. The molecule has 4 N–H and O–H groups in total. The van der Waals surface area contributed by atoms with Crippen molar-refractivity contribution in [3.05, 3.63) is 0 Å². The van der Waals surface area contributed by atoms with Crippen LogP contribution in [-0.4, -0.2) is 38.3 Å². The summed E-state index contributed by atoms with van der Waals surface area (Å²) in [7, 11) is -3.41. The Bertz CT molecular complexity index is 249. The standard InChI is InChI=1S/C6H14N2O4S/c7-13(11,12)5-4-8-3-1-2-6(9)10/h8H,1-5H2,(H,9,10)(H2,7,11,12). The van der Waals surface area contributed by atoms with E-state index in [1.807, 2.05) is 0 Å². The molecule has 78 valence electrons. The van der Waals surface area contributed by atoms with E-state index in [0.717, 1.165) is 0 Å². The maximum absolute atomic E-state index is 10.4. The van der Waals surface area contributed by atoms with Gasteiger partial charge < -0.3 is 10.4 Å². The van der Waals surface area contributed by atoms with E-state index in [0.29, 0.717) is 13.0 Å². The molecule has 6 nitrogen and oxygen atoms in total. The average Bonchev–Trinajstić information content (AvgIpc) is 1.93. The van der Waals surface area contributed by atoms with Crippen LogP contribution in [0.2, 0.25) is 0 Å². The summed E-state index contributed by atoms with van der Waals surface area (Å²) in [5.74, 6) is -0.978. The molecule has 0 aliphatic carbocycles. The molecule has 0 heterocycles. The first-order valence-corrected chi connectivity index (χ1v) is 5.56. The third-order valence-electron chi connectivity index (χ3n) is 1.31. The van der Waals surface area contributed by atoms with Crippen LogP contribution in [-0.2, 0) is 14.8 Å². The van der Waals surface area contributed by atoms with Crippen molar-refractivity contribution in [1.82, 2.24) is 5.32 Å². The molecule has 0 aliphatic heterocycles. The van der Waals surface area contributed by atoms with E-state index in [2.05, 4.69) is 5.32 Å². The lowest BCUT2D eigenvalue weighted by molar-refractivity contribution is -0.137. The maximum Gasteiger partial charge on any atom is 0.303 e. The molecular formula is C6H14N2O4S. The zero-order valence-electron chi connectivity index (χ0n) is 7.19. The van der Waals surface area contributed by atoms with Crippen molar-refractivity contribution in [3.8, 4) is 0 Å². The third-order valence-corrected chi connectivity index (χ3v) is 2.08. The molecule has 0 rings (SSSR count). The molecule has 0 aromatic heterocycles. The summed E-state index contributed by atoms with van der Waals surface area (Å²) in [6, 6.07) is 0. The monoisotopic (exact) mass is 210 g/mol. The lowest BCUT2D eigenvalue weighted by atomic mass is 10.3. The van der Waals surface area contributed by atoms with Gasteiger partial charge in [-0.2, -0.15) is 0 Å². The molecule has 0 bridgehead atoms. The van der Waals surface area contributed by atoms with E-state index >= 15 is 0 Å². The first-order chi connectivity index (χ1) is 5.92. The number of rotatable bonds is 7. The number of nitrogens with one attached hydrogen (secondary N) is 1. The topological polar surface area (TPSA) is 109 Å². The van der Waals surface area contributed by atoms with Gasteiger partial charge >= 0.3 is 5.97 Å². The number of carboxylic acid groups (broad SMARTS) is 1. The van der Waals surface area contributed by atoms with Crippen molar-refractivity contribution in [2.75, 3.05) is 18.8 Å². The van der Waals surface area contributed by atoms with Gasteiger partial charge in [-0.1, -0.05) is 0 Å². The molecule has 0 spiro atoms. The highest BCUT2D eigenvalue weighted by atomic mass is 32.2. The summed E-state index contributed by atoms with van der Waals surface area (Å²) in [6.07, 6.45) is 0.572. The molecule has 0 radical (unpaired) electrons. The van der Waals surface area contributed by atoms with Gasteiger partial charge in [-0.25, -0.2) is 13.6 Å². The molecule has 0 atom stereocenters. The predicted octanol–water partition coefficient (Wildman–Crippen LogP) is -1.27. The van der Waals surface area contributed by atoms with Gasteiger partial charge in [0.25, 0.3) is 0 Å². The number of nitrogens with two attached hydrogens (primary N) is 1. The summed E-state index contributed by atoms with van der Waals surface area (Å²) < 4.78 is 20.8. The summed E-state index contributed by atoms with van der Waals surface area (Å²) in [4.78, 5) is 10.0. The zero-order chi connectivity index (χ0) is 10.3. The highest BCUT2D eigenvalue weighted by Crippen LogP contribution is 1.85. The number of sulfonamides is 1. The smallest absolute Gasteiger partial charge is 0.303 e. The van der Waals surface area contributed by atoms with Gasteiger partial charge in [-0.05, 0) is 13.0 Å². The van der Waals surface area contributed by atoms with Crippen LogP contribution in [0.1, 0.15) is 12.8 Å². The van der Waals surface area contributed by atoms with Crippen LogP contribution >= 0.6 is 0 Å². The van der Waals surface area contributed by atoms with E-state index in [1.165, 1.54) is 0 Å². The van der Waals surface area contributed by atoms with Crippen molar-refractivity contribution in [2.24, 2.45) is 5.14 Å². The lowest BCUT2D eigenvalue weighted by Gasteiger charge is -2.01. The molecule has 0 saturated carbocycles. The van der Waals surface area contributed by atoms with E-state index in [9.17, 15) is 13.2 Å². The Morgan fingerprint density at radius 2 is 2.00 bits per heavy atom. The number of hydrogen-bond donors (Lipinski definition) is 3. The second-order valence-corrected chi connectivity index (χ2v) is 4.35. The number of aliphatic carboxylic acids is 1. The maximum atomic E-state index is 10.4. The van der Waals surface area contributed by atoms with Crippen LogP contribution in [0.25, 0.3) is 0 Å². The number of primary sulfonamides is 1. The fourth-order valence-corrected chi connectivity index (χ4v) is 1.13. The highest BCUT2D eigenvalue weighted by molar-refractivity contribution is 7.89. The molecule has 0 aromatic carbocycles. The van der Waals surface area contributed by atoms with E-state index in [-0.39, 0.29) is 18.7 Å². The Morgan fingerprint density at radius 3 is 2.46 bits per heavy atom. The minimum atomic E-state index is -3.41. The molecule has 0 fully saturated rings. The summed E-state index contributed by atoms with van der Waals surface area (Å²) in [5, 5.41) is 15.8. The Hall–Kier alpha value is -0.660. The van der Waals surface area contributed by atoms with Gasteiger partial charge in [0.2, 0.25) is 10.0 Å². The van der Waals surface area contributed by atoms with Crippen molar-refractivity contribution >= 4 is 16.0 Å². The normalized spacial score (nSPS) is 11.5. The Balaban J connectivity index is 3.23. The van der Waals surface area contributed by atoms with Crippen molar-refractivity contribution in [1.29, 1.82) is 0 Å². The quantitative estimate of drug-likeness (QED) is 0.454. The predicted molar refractivity (Wildman–Crippen MR) is 47.7 cm³/mol. The van der Waals surface area contributed by atoms with Crippen molar-refractivity contribution in [2.45, 2.75) is 12.8 Å². The summed E-state index contributed by atoms with van der Waals surface area (Å²) in [5.41, 5.74) is 0. The first-order valence-electron chi connectivity index (χ1n) is 3.85. The van der Waals surface area contributed by atoms with Crippen LogP contribution in [0.5, 0.6) is 0 Å². The van der Waals surface area contributed by atoms with E-state index in [1.54, 1.807) is 0 Å². The first kappa shape index (κ1) is 12.3. The van der Waals surface area contributed by atoms with Gasteiger partial charge in [-0.15, -0.1) is 0 Å². The minimum absolute atomic E-state index is 0.0857. The van der Waals surface area contributed by atoms with Gasteiger partial charge in [0.05, 0.1) is 5.75 Å². The van der Waals surface area contributed by atoms with Gasteiger partial charge in [-0.3, -0.25) is 4.79 Å². The largest absolute Gasteiger partial charge is 0.481 e. The minimum Gasteiger partial charge on any atom is -0.481 e. The molecule has 0 saturated heterocycles. The van der Waals surface area contributed by atoms with Crippen LogP contribution in [0.15, 0.2) is 0 Å². The second kappa shape index (κ2) is 5.90. The molecule has 0 amide bonds. The number of hydrogen-bond acceptors (Lipinski definition) is 4. The molecule has 7 heteroatoms. The van der Waals surface area contributed by atoms with Gasteiger partial charge in [0, 0.05) is 13.0 Å². The van der Waals surface area contributed by atoms with Crippen LogP contribution < -0.4 is 10.5 Å². The SMILES string of the molecule is NS(=O)(=O)CCNCCCC(=O)O. The Labute approximate surface area is 77.2 Å². The van der Waals surface area contributed by atoms with Crippen LogP contribution in [0, 0.1) is 0 Å². The van der Waals surface area contributed by atoms with Gasteiger partial charge in [0.1, 0.15) is 0 Å².